The molecule has 116 valence electrons. The van der Waals surface area contributed by atoms with E-state index in [4.69, 9.17) is 5.21 Å². The lowest BCUT2D eigenvalue weighted by Crippen LogP contribution is -2.18. The highest BCUT2D eigenvalue weighted by Gasteiger charge is 2.10. The van der Waals surface area contributed by atoms with Crippen LogP contribution in [0, 0.1) is 5.82 Å². The zero-order valence-corrected chi connectivity index (χ0v) is 12.1. The summed E-state index contributed by atoms with van der Waals surface area (Å²) < 4.78 is 14.6. The van der Waals surface area contributed by atoms with Crippen molar-refractivity contribution < 1.29 is 14.4 Å². The minimum Gasteiger partial charge on any atom is -0.411 e. The number of nitrogens with one attached hydrogen (secondary N) is 1. The minimum absolute atomic E-state index is 0.0944. The summed E-state index contributed by atoms with van der Waals surface area (Å²) in [5, 5.41) is 15.4. The van der Waals surface area contributed by atoms with Crippen LogP contribution in [0.2, 0.25) is 0 Å². The molecular formula is C17H14FN3O2. The van der Waals surface area contributed by atoms with Crippen molar-refractivity contribution in [3.8, 4) is 0 Å². The van der Waals surface area contributed by atoms with Gasteiger partial charge >= 0.3 is 0 Å². The number of carbonyl (C=O) groups excluding carboxylic acids is 1. The van der Waals surface area contributed by atoms with Crippen molar-refractivity contribution >= 4 is 28.7 Å². The number of rotatable bonds is 4. The van der Waals surface area contributed by atoms with Crippen LogP contribution in [0.15, 0.2) is 59.9 Å². The number of aromatic nitrogens is 1. The zero-order chi connectivity index (χ0) is 16.2. The molecule has 5 nitrogen and oxygen atoms in total. The van der Waals surface area contributed by atoms with E-state index in [9.17, 15) is 9.18 Å². The molecule has 1 aromatic heterocycles. The van der Waals surface area contributed by atoms with Crippen molar-refractivity contribution in [1.29, 1.82) is 0 Å². The third-order valence-corrected chi connectivity index (χ3v) is 3.46. The van der Waals surface area contributed by atoms with E-state index in [-0.39, 0.29) is 18.3 Å². The van der Waals surface area contributed by atoms with Gasteiger partial charge in [-0.15, -0.1) is 0 Å². The average Bonchev–Trinajstić information content (AvgIpc) is 2.88. The maximum atomic E-state index is 12.9. The SMILES string of the molecule is O=C(Cn1cc(/C=N\O)c2ccccc21)Nc1ccc(F)cc1. The van der Waals surface area contributed by atoms with Crippen molar-refractivity contribution in [1.82, 2.24) is 4.57 Å². The Morgan fingerprint density at radius 1 is 1.22 bits per heavy atom. The highest BCUT2D eigenvalue weighted by Crippen LogP contribution is 2.20. The lowest BCUT2D eigenvalue weighted by Gasteiger charge is -2.07. The fourth-order valence-corrected chi connectivity index (χ4v) is 2.46. The van der Waals surface area contributed by atoms with E-state index < -0.39 is 0 Å². The zero-order valence-electron chi connectivity index (χ0n) is 12.1. The number of anilines is 1. The van der Waals surface area contributed by atoms with Gasteiger partial charge in [0.1, 0.15) is 12.4 Å². The Balaban J connectivity index is 1.83. The van der Waals surface area contributed by atoms with Gasteiger partial charge < -0.3 is 15.1 Å². The second-order valence-electron chi connectivity index (χ2n) is 5.03. The van der Waals surface area contributed by atoms with Crippen LogP contribution >= 0.6 is 0 Å². The largest absolute Gasteiger partial charge is 0.411 e. The van der Waals surface area contributed by atoms with Crippen molar-refractivity contribution in [3.63, 3.8) is 0 Å². The molecule has 0 aliphatic rings. The molecule has 0 unspecified atom stereocenters. The summed E-state index contributed by atoms with van der Waals surface area (Å²) in [6.45, 7) is 0.0944. The number of para-hydroxylation sites is 1. The van der Waals surface area contributed by atoms with E-state index >= 15 is 0 Å². The summed E-state index contributed by atoms with van der Waals surface area (Å²) in [5.74, 6) is -0.586. The molecule has 0 saturated carbocycles. The Hall–Kier alpha value is -3.15. The third-order valence-electron chi connectivity index (χ3n) is 3.46. The molecule has 0 radical (unpaired) electrons. The topological polar surface area (TPSA) is 66.6 Å². The van der Waals surface area contributed by atoms with Gasteiger partial charge in [0, 0.05) is 28.4 Å². The number of hydrogen-bond acceptors (Lipinski definition) is 3. The smallest absolute Gasteiger partial charge is 0.244 e. The van der Waals surface area contributed by atoms with Crippen LogP contribution in [0.5, 0.6) is 0 Å². The summed E-state index contributed by atoms with van der Waals surface area (Å²) in [6.07, 6.45) is 3.07. The maximum absolute atomic E-state index is 12.9. The van der Waals surface area contributed by atoms with Crippen LogP contribution in [0.25, 0.3) is 10.9 Å². The highest BCUT2D eigenvalue weighted by atomic mass is 19.1. The first-order chi connectivity index (χ1) is 11.2. The second kappa shape index (κ2) is 6.31. The van der Waals surface area contributed by atoms with Gasteiger partial charge in [-0.05, 0) is 30.3 Å². The molecular weight excluding hydrogens is 297 g/mol. The number of oxime groups is 1. The molecule has 23 heavy (non-hydrogen) atoms. The minimum atomic E-state index is -0.354. The average molecular weight is 311 g/mol. The molecule has 2 aromatic carbocycles. The molecule has 0 aliphatic heterocycles. The monoisotopic (exact) mass is 311 g/mol. The van der Waals surface area contributed by atoms with Crippen molar-refractivity contribution in [2.75, 3.05) is 5.32 Å². The summed E-state index contributed by atoms with van der Waals surface area (Å²) >= 11 is 0. The third kappa shape index (κ3) is 3.21. The first-order valence-electron chi connectivity index (χ1n) is 6.98. The van der Waals surface area contributed by atoms with Gasteiger partial charge in [0.2, 0.25) is 5.91 Å². The Labute approximate surface area is 131 Å². The molecule has 0 fully saturated rings. The summed E-state index contributed by atoms with van der Waals surface area (Å²) in [7, 11) is 0. The predicted octanol–water partition coefficient (Wildman–Crippen LogP) is 3.23. The Morgan fingerprint density at radius 3 is 2.70 bits per heavy atom. The number of benzene rings is 2. The summed E-state index contributed by atoms with van der Waals surface area (Å²) in [5.41, 5.74) is 2.11. The lowest BCUT2D eigenvalue weighted by atomic mass is 10.2. The first-order valence-corrected chi connectivity index (χ1v) is 6.98. The summed E-state index contributed by atoms with van der Waals surface area (Å²) in [6, 6.07) is 13.1. The number of nitrogens with zero attached hydrogens (tertiary/aromatic N) is 2. The number of hydrogen-bond donors (Lipinski definition) is 2. The summed E-state index contributed by atoms with van der Waals surface area (Å²) in [4.78, 5) is 12.2. The molecule has 0 spiro atoms. The van der Waals surface area contributed by atoms with Crippen LogP contribution in [0.1, 0.15) is 5.56 Å². The molecule has 0 bridgehead atoms. The standard InChI is InChI=1S/C17H14FN3O2/c18-13-5-7-14(8-6-13)20-17(22)11-21-10-12(9-19-23)15-3-1-2-4-16(15)21/h1-10,23H,11H2,(H,20,22)/b19-9-. The van der Waals surface area contributed by atoms with Crippen LogP contribution in [0.4, 0.5) is 10.1 Å². The molecule has 3 aromatic rings. The lowest BCUT2D eigenvalue weighted by molar-refractivity contribution is -0.116. The van der Waals surface area contributed by atoms with Crippen LogP contribution in [0.3, 0.4) is 0 Å². The van der Waals surface area contributed by atoms with Gasteiger partial charge in [-0.3, -0.25) is 4.79 Å². The molecule has 2 N–H and O–H groups in total. The molecule has 6 heteroatoms. The van der Waals surface area contributed by atoms with Crippen molar-refractivity contribution in [3.05, 3.63) is 66.1 Å². The number of amides is 1. The molecule has 0 saturated heterocycles. The molecule has 1 heterocycles. The fraction of sp³-hybridized carbons (Fsp3) is 0.0588. The maximum Gasteiger partial charge on any atom is 0.244 e. The van der Waals surface area contributed by atoms with E-state index in [0.29, 0.717) is 5.69 Å². The van der Waals surface area contributed by atoms with E-state index in [1.807, 2.05) is 24.3 Å². The quantitative estimate of drug-likeness (QED) is 0.441. The van der Waals surface area contributed by atoms with Gasteiger partial charge in [0.05, 0.1) is 6.21 Å². The number of carbonyl (C=O) groups is 1. The molecule has 3 rings (SSSR count). The molecule has 0 atom stereocenters. The second-order valence-corrected chi connectivity index (χ2v) is 5.03. The highest BCUT2D eigenvalue weighted by molar-refractivity contribution is 6.00. The number of fused-ring (bicyclic) bond motifs is 1. The van der Waals surface area contributed by atoms with Gasteiger partial charge in [-0.1, -0.05) is 23.4 Å². The van der Waals surface area contributed by atoms with Gasteiger partial charge in [0.25, 0.3) is 0 Å². The number of halogens is 1. The van der Waals surface area contributed by atoms with Gasteiger partial charge in [-0.25, -0.2) is 4.39 Å². The fourth-order valence-electron chi connectivity index (χ4n) is 2.46. The van der Waals surface area contributed by atoms with Crippen molar-refractivity contribution in [2.45, 2.75) is 6.54 Å². The van der Waals surface area contributed by atoms with Crippen LogP contribution in [-0.2, 0) is 11.3 Å². The van der Waals surface area contributed by atoms with Gasteiger partial charge in [-0.2, -0.15) is 0 Å². The Morgan fingerprint density at radius 2 is 1.96 bits per heavy atom. The van der Waals surface area contributed by atoms with E-state index in [2.05, 4.69) is 10.5 Å². The van der Waals surface area contributed by atoms with E-state index in [1.165, 1.54) is 30.5 Å². The van der Waals surface area contributed by atoms with Crippen LogP contribution in [-0.4, -0.2) is 21.9 Å². The van der Waals surface area contributed by atoms with Crippen LogP contribution < -0.4 is 5.32 Å². The Bertz CT molecular complexity index is 869. The first kappa shape index (κ1) is 14.8. The Kier molecular flexibility index (Phi) is 4.05. The molecule has 1 amide bonds. The molecule has 0 aliphatic carbocycles. The normalized spacial score (nSPS) is 11.2. The predicted molar refractivity (Wildman–Crippen MR) is 86.3 cm³/mol. The van der Waals surface area contributed by atoms with E-state index in [0.717, 1.165) is 16.5 Å². The van der Waals surface area contributed by atoms with E-state index in [1.54, 1.807) is 10.8 Å². The van der Waals surface area contributed by atoms with Crippen molar-refractivity contribution in [2.24, 2.45) is 5.16 Å². The van der Waals surface area contributed by atoms with Gasteiger partial charge in [0.15, 0.2) is 0 Å².